The molecule has 1 aliphatic heterocycles. The van der Waals surface area contributed by atoms with E-state index in [1.165, 1.54) is 6.42 Å². The fraction of sp³-hybridized carbons (Fsp3) is 0.571. The second-order valence-corrected chi connectivity index (χ2v) is 6.18. The molecule has 3 nitrogen and oxygen atoms in total. The van der Waals surface area contributed by atoms with Crippen LogP contribution < -0.4 is 15.2 Å². The first kappa shape index (κ1) is 13.2. The molecule has 104 valence electrons. The minimum atomic E-state index is -0.311. The van der Waals surface area contributed by atoms with Gasteiger partial charge in [-0.3, -0.25) is 0 Å². The molecule has 1 aromatic rings. The fourth-order valence-corrected chi connectivity index (χ4v) is 4.05. The topological polar surface area (TPSA) is 44.5 Å². The second kappa shape index (κ2) is 4.94. The Bertz CT molecular complexity index is 501. The highest BCUT2D eigenvalue weighted by molar-refractivity contribution is 9.10. The maximum atomic E-state index is 14.8. The van der Waals surface area contributed by atoms with Crippen LogP contribution in [0.15, 0.2) is 10.5 Å². The van der Waals surface area contributed by atoms with Crippen molar-refractivity contribution in [3.05, 3.63) is 21.9 Å². The van der Waals surface area contributed by atoms with Gasteiger partial charge in [0, 0.05) is 22.0 Å². The van der Waals surface area contributed by atoms with Crippen molar-refractivity contribution >= 4 is 15.9 Å². The molecule has 2 N–H and O–H groups in total. The van der Waals surface area contributed by atoms with Gasteiger partial charge in [-0.05, 0) is 18.9 Å². The van der Waals surface area contributed by atoms with Gasteiger partial charge in [-0.15, -0.1) is 0 Å². The van der Waals surface area contributed by atoms with Crippen molar-refractivity contribution in [3.63, 3.8) is 0 Å². The van der Waals surface area contributed by atoms with Gasteiger partial charge in [0.15, 0.2) is 11.6 Å². The van der Waals surface area contributed by atoms with Crippen LogP contribution in [0.25, 0.3) is 0 Å². The smallest absolute Gasteiger partial charge is 0.231 e. The Morgan fingerprint density at radius 1 is 1.26 bits per heavy atom. The van der Waals surface area contributed by atoms with Crippen molar-refractivity contribution in [1.29, 1.82) is 0 Å². The Kier molecular flexibility index (Phi) is 3.43. The predicted octanol–water partition coefficient (Wildman–Crippen LogP) is 3.48. The number of nitrogens with two attached hydrogens (primary N) is 1. The first-order valence-corrected chi connectivity index (χ1v) is 7.45. The molecule has 5 heteroatoms. The summed E-state index contributed by atoms with van der Waals surface area (Å²) in [7, 11) is 0. The minimum Gasteiger partial charge on any atom is -0.453 e. The van der Waals surface area contributed by atoms with E-state index in [2.05, 4.69) is 15.9 Å². The van der Waals surface area contributed by atoms with E-state index in [9.17, 15) is 4.39 Å². The number of ether oxygens (including phenoxy) is 2. The van der Waals surface area contributed by atoms with Crippen molar-refractivity contribution in [1.82, 2.24) is 0 Å². The summed E-state index contributed by atoms with van der Waals surface area (Å²) in [5.74, 6) is 0.391. The van der Waals surface area contributed by atoms with Gasteiger partial charge in [-0.1, -0.05) is 35.2 Å². The molecule has 19 heavy (non-hydrogen) atoms. The van der Waals surface area contributed by atoms with Crippen LogP contribution in [0, 0.1) is 5.82 Å². The summed E-state index contributed by atoms with van der Waals surface area (Å²) in [5, 5.41) is 0. The van der Waals surface area contributed by atoms with Crippen molar-refractivity contribution < 1.29 is 13.9 Å². The molecule has 0 radical (unpaired) electrons. The lowest BCUT2D eigenvalue weighted by Crippen LogP contribution is -2.38. The summed E-state index contributed by atoms with van der Waals surface area (Å²) in [4.78, 5) is 0. The summed E-state index contributed by atoms with van der Waals surface area (Å²) in [6.45, 7) is 0.542. The molecule has 3 rings (SSSR count). The number of benzene rings is 1. The molecule has 0 amide bonds. The van der Waals surface area contributed by atoms with Gasteiger partial charge in [0.1, 0.15) is 0 Å². The predicted molar refractivity (Wildman–Crippen MR) is 74.0 cm³/mol. The first-order chi connectivity index (χ1) is 9.18. The lowest BCUT2D eigenvalue weighted by atomic mass is 9.69. The van der Waals surface area contributed by atoms with Gasteiger partial charge >= 0.3 is 0 Å². The summed E-state index contributed by atoms with van der Waals surface area (Å²) in [6.07, 6.45) is 5.25. The SMILES string of the molecule is NCC1(c2c(Br)cc3c(c2F)OCO3)CCCCC1. The van der Waals surface area contributed by atoms with Crippen molar-refractivity contribution in [2.75, 3.05) is 13.3 Å². The standard InChI is InChI=1S/C14H17BrFNO2/c15-9-6-10-13(19-8-18-10)12(16)11(9)14(7-17)4-2-1-3-5-14/h6H,1-5,7-8,17H2. The number of hydrogen-bond donors (Lipinski definition) is 1. The van der Waals surface area contributed by atoms with Crippen LogP contribution in [0.1, 0.15) is 37.7 Å². The van der Waals surface area contributed by atoms with Crippen molar-refractivity contribution in [2.45, 2.75) is 37.5 Å². The van der Waals surface area contributed by atoms with E-state index >= 15 is 0 Å². The maximum absolute atomic E-state index is 14.8. The summed E-state index contributed by atoms with van der Waals surface area (Å²) < 4.78 is 26.0. The highest BCUT2D eigenvalue weighted by Crippen LogP contribution is 2.48. The highest BCUT2D eigenvalue weighted by Gasteiger charge is 2.39. The third-order valence-corrected chi connectivity index (χ3v) is 4.91. The average molecular weight is 330 g/mol. The number of fused-ring (bicyclic) bond motifs is 1. The monoisotopic (exact) mass is 329 g/mol. The third kappa shape index (κ3) is 2.03. The zero-order chi connectivity index (χ0) is 13.5. The molecule has 1 saturated carbocycles. The molecule has 1 heterocycles. The van der Waals surface area contributed by atoms with Crippen molar-refractivity contribution in [2.24, 2.45) is 5.73 Å². The zero-order valence-corrected chi connectivity index (χ0v) is 12.3. The Morgan fingerprint density at radius 2 is 2.00 bits per heavy atom. The van der Waals surface area contributed by atoms with Crippen LogP contribution in [0.5, 0.6) is 11.5 Å². The molecule has 0 saturated heterocycles. The summed E-state index contributed by atoms with van der Waals surface area (Å²) in [5.41, 5.74) is 6.38. The summed E-state index contributed by atoms with van der Waals surface area (Å²) in [6, 6.07) is 1.80. The molecular formula is C14H17BrFNO2. The van der Waals surface area contributed by atoms with Crippen LogP contribution in [-0.4, -0.2) is 13.3 Å². The van der Waals surface area contributed by atoms with Crippen LogP contribution in [0.3, 0.4) is 0 Å². The fourth-order valence-electron chi connectivity index (χ4n) is 3.24. The molecule has 1 aliphatic carbocycles. The largest absolute Gasteiger partial charge is 0.453 e. The molecule has 0 unspecified atom stereocenters. The van der Waals surface area contributed by atoms with Crippen LogP contribution in [0.2, 0.25) is 0 Å². The minimum absolute atomic E-state index is 0.0811. The maximum Gasteiger partial charge on any atom is 0.231 e. The number of halogens is 2. The lowest BCUT2D eigenvalue weighted by Gasteiger charge is -2.37. The van der Waals surface area contributed by atoms with Crippen LogP contribution >= 0.6 is 15.9 Å². The first-order valence-electron chi connectivity index (χ1n) is 6.66. The highest BCUT2D eigenvalue weighted by atomic mass is 79.9. The van der Waals surface area contributed by atoms with Crippen LogP contribution in [-0.2, 0) is 5.41 Å². The van der Waals surface area contributed by atoms with E-state index in [1.807, 2.05) is 0 Å². The van der Waals surface area contributed by atoms with E-state index in [0.29, 0.717) is 17.9 Å². The average Bonchev–Trinajstić information content (AvgIpc) is 2.88. The van der Waals surface area contributed by atoms with Gasteiger partial charge in [0.05, 0.1) is 0 Å². The summed E-state index contributed by atoms with van der Waals surface area (Å²) >= 11 is 3.48. The van der Waals surface area contributed by atoms with Gasteiger partial charge in [0.25, 0.3) is 0 Å². The third-order valence-electron chi connectivity index (χ3n) is 4.29. The van der Waals surface area contributed by atoms with E-state index < -0.39 is 0 Å². The van der Waals surface area contributed by atoms with Gasteiger partial charge in [0.2, 0.25) is 12.5 Å². The van der Waals surface area contributed by atoms with Crippen molar-refractivity contribution in [3.8, 4) is 11.5 Å². The quantitative estimate of drug-likeness (QED) is 0.903. The molecule has 0 aromatic heterocycles. The Morgan fingerprint density at radius 3 is 2.68 bits per heavy atom. The van der Waals surface area contributed by atoms with Gasteiger partial charge in [-0.2, -0.15) is 0 Å². The molecule has 0 bridgehead atoms. The van der Waals surface area contributed by atoms with Gasteiger partial charge in [-0.25, -0.2) is 4.39 Å². The number of rotatable bonds is 2. The zero-order valence-electron chi connectivity index (χ0n) is 10.7. The van der Waals surface area contributed by atoms with E-state index in [0.717, 1.165) is 30.2 Å². The number of hydrogen-bond acceptors (Lipinski definition) is 3. The molecule has 0 spiro atoms. The molecular weight excluding hydrogens is 313 g/mol. The Balaban J connectivity index is 2.13. The normalized spacial score (nSPS) is 20.6. The molecule has 1 aromatic carbocycles. The molecule has 2 aliphatic rings. The molecule has 0 atom stereocenters. The lowest BCUT2D eigenvalue weighted by molar-refractivity contribution is 0.170. The Hall–Kier alpha value is -0.810. The van der Waals surface area contributed by atoms with Gasteiger partial charge < -0.3 is 15.2 Å². The van der Waals surface area contributed by atoms with E-state index in [1.54, 1.807) is 6.07 Å². The van der Waals surface area contributed by atoms with Crippen LogP contribution in [0.4, 0.5) is 4.39 Å². The Labute approximate surface area is 120 Å². The second-order valence-electron chi connectivity index (χ2n) is 5.33. The van der Waals surface area contributed by atoms with E-state index in [-0.39, 0.29) is 23.8 Å². The van der Waals surface area contributed by atoms with E-state index in [4.69, 9.17) is 15.2 Å². The molecule has 1 fully saturated rings.